The molecule has 0 amide bonds. The number of carbonyl (C=O) groups excluding carboxylic acids is 1. The van der Waals surface area contributed by atoms with Crippen LogP contribution in [0.15, 0.2) is 23.2 Å². The lowest BCUT2D eigenvalue weighted by Crippen LogP contribution is -2.24. The second kappa shape index (κ2) is 4.34. The summed E-state index contributed by atoms with van der Waals surface area (Å²) in [6.07, 6.45) is 3.08. The molecule has 0 saturated carbocycles. The molecule has 1 aromatic rings. The van der Waals surface area contributed by atoms with E-state index in [9.17, 15) is 4.79 Å². The summed E-state index contributed by atoms with van der Waals surface area (Å²) in [6, 6.07) is 3.91. The summed E-state index contributed by atoms with van der Waals surface area (Å²) in [5, 5.41) is 14.8. The van der Waals surface area contributed by atoms with E-state index in [2.05, 4.69) is 25.2 Å². The second-order valence-corrected chi connectivity index (χ2v) is 5.97. The Labute approximate surface area is 105 Å². The van der Waals surface area contributed by atoms with E-state index in [0.717, 1.165) is 17.1 Å². The first-order valence-electron chi connectivity index (χ1n) is 5.48. The normalized spacial score (nSPS) is 18.4. The fourth-order valence-corrected chi connectivity index (χ4v) is 2.84. The van der Waals surface area contributed by atoms with Crippen LogP contribution in [0.4, 0.5) is 5.00 Å². The van der Waals surface area contributed by atoms with Crippen molar-refractivity contribution in [3.05, 3.63) is 28.8 Å². The van der Waals surface area contributed by atoms with Crippen molar-refractivity contribution >= 4 is 22.1 Å². The molecule has 0 unspecified atom stereocenters. The number of allylic oxidation sites excluding steroid dienone is 2. The van der Waals surface area contributed by atoms with Crippen LogP contribution in [0, 0.1) is 16.7 Å². The Hall–Kier alpha value is -1.60. The summed E-state index contributed by atoms with van der Waals surface area (Å²) in [5.41, 5.74) is 1.54. The van der Waals surface area contributed by atoms with Gasteiger partial charge in [0.1, 0.15) is 11.1 Å². The number of thiophene rings is 1. The molecule has 0 atom stereocenters. The van der Waals surface area contributed by atoms with Crippen LogP contribution in [0.25, 0.3) is 0 Å². The highest BCUT2D eigenvalue weighted by molar-refractivity contribution is 7.14. The Morgan fingerprint density at radius 3 is 2.88 bits per heavy atom. The molecule has 0 bridgehead atoms. The summed E-state index contributed by atoms with van der Waals surface area (Å²) >= 11 is 1.48. The van der Waals surface area contributed by atoms with Gasteiger partial charge in [-0.2, -0.15) is 5.26 Å². The van der Waals surface area contributed by atoms with Crippen LogP contribution in [-0.4, -0.2) is 5.78 Å². The third-order valence-electron chi connectivity index (χ3n) is 2.72. The van der Waals surface area contributed by atoms with E-state index < -0.39 is 0 Å². The SMILES string of the molecule is CC1(C)CC(=O)C=C(Nc2sccc2C#N)C1. The number of hydrogen-bond donors (Lipinski definition) is 1. The highest BCUT2D eigenvalue weighted by Gasteiger charge is 2.27. The topological polar surface area (TPSA) is 52.9 Å². The molecule has 0 spiro atoms. The van der Waals surface area contributed by atoms with Crippen molar-refractivity contribution in [2.45, 2.75) is 26.7 Å². The zero-order chi connectivity index (χ0) is 12.5. The predicted molar refractivity (Wildman–Crippen MR) is 68.8 cm³/mol. The van der Waals surface area contributed by atoms with Crippen LogP contribution in [0.2, 0.25) is 0 Å². The van der Waals surface area contributed by atoms with Crippen LogP contribution >= 0.6 is 11.3 Å². The smallest absolute Gasteiger partial charge is 0.157 e. The van der Waals surface area contributed by atoms with E-state index in [0.29, 0.717) is 12.0 Å². The molecule has 0 aliphatic heterocycles. The van der Waals surface area contributed by atoms with Crippen LogP contribution < -0.4 is 5.32 Å². The molecule has 1 aliphatic carbocycles. The summed E-state index contributed by atoms with van der Waals surface area (Å²) in [7, 11) is 0. The Morgan fingerprint density at radius 1 is 1.47 bits per heavy atom. The average Bonchev–Trinajstić information content (AvgIpc) is 2.61. The van der Waals surface area contributed by atoms with Crippen molar-refractivity contribution in [1.29, 1.82) is 5.26 Å². The largest absolute Gasteiger partial charge is 0.349 e. The van der Waals surface area contributed by atoms with Gasteiger partial charge in [0.15, 0.2) is 5.78 Å². The molecule has 1 N–H and O–H groups in total. The van der Waals surface area contributed by atoms with Crippen molar-refractivity contribution in [2.24, 2.45) is 5.41 Å². The first-order valence-corrected chi connectivity index (χ1v) is 6.36. The fourth-order valence-electron chi connectivity index (χ4n) is 2.07. The van der Waals surface area contributed by atoms with Gasteiger partial charge in [0.05, 0.1) is 5.56 Å². The third kappa shape index (κ3) is 2.75. The van der Waals surface area contributed by atoms with E-state index in [-0.39, 0.29) is 11.2 Å². The molecule has 1 heterocycles. The standard InChI is InChI=1S/C13H14N2OS/c1-13(2)6-10(5-11(16)7-13)15-12-9(8-14)3-4-17-12/h3-5,15H,6-7H2,1-2H3. The maximum Gasteiger partial charge on any atom is 0.157 e. The van der Waals surface area contributed by atoms with Gasteiger partial charge in [0.2, 0.25) is 0 Å². The highest BCUT2D eigenvalue weighted by atomic mass is 32.1. The number of rotatable bonds is 2. The number of ketones is 1. The minimum atomic E-state index is -0.00175. The van der Waals surface area contributed by atoms with Crippen LogP contribution in [0.5, 0.6) is 0 Å². The molecule has 88 valence electrons. The summed E-state index contributed by atoms with van der Waals surface area (Å²) < 4.78 is 0. The molecule has 0 fully saturated rings. The number of nitrogens with zero attached hydrogens (tertiary/aromatic N) is 1. The third-order valence-corrected chi connectivity index (χ3v) is 3.55. The van der Waals surface area contributed by atoms with E-state index in [1.165, 1.54) is 11.3 Å². The van der Waals surface area contributed by atoms with Gasteiger partial charge in [0, 0.05) is 18.2 Å². The minimum Gasteiger partial charge on any atom is -0.349 e. The fraction of sp³-hybridized carbons (Fsp3) is 0.385. The van der Waals surface area contributed by atoms with Crippen molar-refractivity contribution in [3.8, 4) is 6.07 Å². The van der Waals surface area contributed by atoms with Crippen molar-refractivity contribution in [1.82, 2.24) is 0 Å². The highest BCUT2D eigenvalue weighted by Crippen LogP contribution is 2.35. The Bertz CT molecular complexity index is 520. The number of nitrogens with one attached hydrogen (secondary N) is 1. The molecule has 2 rings (SSSR count). The van der Waals surface area contributed by atoms with E-state index in [1.54, 1.807) is 12.1 Å². The van der Waals surface area contributed by atoms with Gasteiger partial charge in [-0.05, 0) is 23.3 Å². The molecule has 0 aromatic carbocycles. The molecule has 0 saturated heterocycles. The Balaban J connectivity index is 2.20. The summed E-state index contributed by atoms with van der Waals surface area (Å²) in [4.78, 5) is 11.6. The molecule has 1 aromatic heterocycles. The zero-order valence-corrected chi connectivity index (χ0v) is 10.7. The van der Waals surface area contributed by atoms with Crippen molar-refractivity contribution < 1.29 is 4.79 Å². The maximum absolute atomic E-state index is 11.6. The number of carbonyl (C=O) groups is 1. The first-order chi connectivity index (χ1) is 8.00. The molecular weight excluding hydrogens is 232 g/mol. The Morgan fingerprint density at radius 2 is 2.24 bits per heavy atom. The molecule has 3 nitrogen and oxygen atoms in total. The van der Waals surface area contributed by atoms with E-state index >= 15 is 0 Å². The lowest BCUT2D eigenvalue weighted by atomic mass is 9.79. The van der Waals surface area contributed by atoms with Gasteiger partial charge in [-0.1, -0.05) is 13.8 Å². The number of anilines is 1. The summed E-state index contributed by atoms with van der Waals surface area (Å²) in [5.74, 6) is 0.152. The number of nitriles is 1. The monoisotopic (exact) mass is 246 g/mol. The molecule has 0 radical (unpaired) electrons. The maximum atomic E-state index is 11.6. The molecular formula is C13H14N2OS. The van der Waals surface area contributed by atoms with Gasteiger partial charge < -0.3 is 5.32 Å². The van der Waals surface area contributed by atoms with Gasteiger partial charge >= 0.3 is 0 Å². The Kier molecular flexibility index (Phi) is 3.03. The minimum absolute atomic E-state index is 0.00175. The first kappa shape index (κ1) is 11.9. The van der Waals surface area contributed by atoms with E-state index in [1.807, 2.05) is 5.38 Å². The van der Waals surface area contributed by atoms with Gasteiger partial charge in [-0.15, -0.1) is 11.3 Å². The molecule has 4 heteroatoms. The lowest BCUT2D eigenvalue weighted by Gasteiger charge is -2.29. The van der Waals surface area contributed by atoms with Gasteiger partial charge in [0.25, 0.3) is 0 Å². The quantitative estimate of drug-likeness (QED) is 0.871. The predicted octanol–water partition coefficient (Wildman–Crippen LogP) is 3.30. The molecule has 17 heavy (non-hydrogen) atoms. The van der Waals surface area contributed by atoms with Gasteiger partial charge in [-0.25, -0.2) is 0 Å². The lowest BCUT2D eigenvalue weighted by molar-refractivity contribution is -0.117. The van der Waals surface area contributed by atoms with Crippen LogP contribution in [-0.2, 0) is 4.79 Å². The van der Waals surface area contributed by atoms with Crippen molar-refractivity contribution in [3.63, 3.8) is 0 Å². The van der Waals surface area contributed by atoms with Crippen LogP contribution in [0.1, 0.15) is 32.3 Å². The van der Waals surface area contributed by atoms with Gasteiger partial charge in [-0.3, -0.25) is 4.79 Å². The number of hydrogen-bond acceptors (Lipinski definition) is 4. The molecule has 1 aliphatic rings. The van der Waals surface area contributed by atoms with Crippen LogP contribution in [0.3, 0.4) is 0 Å². The second-order valence-electron chi connectivity index (χ2n) is 5.05. The average molecular weight is 246 g/mol. The summed E-state index contributed by atoms with van der Waals surface area (Å²) in [6.45, 7) is 4.17. The van der Waals surface area contributed by atoms with E-state index in [4.69, 9.17) is 5.26 Å². The zero-order valence-electron chi connectivity index (χ0n) is 9.91. The van der Waals surface area contributed by atoms with Crippen molar-refractivity contribution in [2.75, 3.05) is 5.32 Å².